The first kappa shape index (κ1) is 13.0. The maximum absolute atomic E-state index is 11.4. The summed E-state index contributed by atoms with van der Waals surface area (Å²) in [5, 5.41) is 6.65. The molecule has 0 radical (unpaired) electrons. The lowest BCUT2D eigenvalue weighted by atomic mass is 10.2. The molecule has 0 saturated carbocycles. The third-order valence-corrected chi connectivity index (χ3v) is 2.39. The third-order valence-electron chi connectivity index (χ3n) is 2.16. The van der Waals surface area contributed by atoms with E-state index in [1.807, 2.05) is 31.2 Å². The Morgan fingerprint density at radius 1 is 1.44 bits per heavy atom. The Bertz CT molecular complexity index is 342. The molecule has 0 aliphatic rings. The molecule has 3 nitrogen and oxygen atoms in total. The van der Waals surface area contributed by atoms with Crippen LogP contribution < -0.4 is 10.6 Å². The molecule has 4 heteroatoms. The van der Waals surface area contributed by atoms with Gasteiger partial charge in [0, 0.05) is 24.5 Å². The van der Waals surface area contributed by atoms with Crippen molar-refractivity contribution in [2.24, 2.45) is 0 Å². The van der Waals surface area contributed by atoms with Gasteiger partial charge in [-0.25, -0.2) is 0 Å². The van der Waals surface area contributed by atoms with Crippen LogP contribution in [0.2, 0.25) is 5.02 Å². The molecule has 2 N–H and O–H groups in total. The van der Waals surface area contributed by atoms with Crippen LogP contribution in [-0.4, -0.2) is 19.0 Å². The minimum absolute atomic E-state index is 0.0564. The van der Waals surface area contributed by atoms with Crippen LogP contribution in [0.3, 0.4) is 0 Å². The zero-order chi connectivity index (χ0) is 11.8. The fraction of sp³-hybridized carbons (Fsp3) is 0.417. The zero-order valence-corrected chi connectivity index (χ0v) is 10.2. The minimum Gasteiger partial charge on any atom is -0.352 e. The molecular weight excluding hydrogens is 224 g/mol. The summed E-state index contributed by atoms with van der Waals surface area (Å²) in [4.78, 5) is 11.4. The van der Waals surface area contributed by atoms with E-state index < -0.39 is 0 Å². The lowest BCUT2D eigenvalue weighted by molar-refractivity contribution is -0.121. The smallest absolute Gasteiger partial charge is 0.221 e. The highest BCUT2D eigenvalue weighted by atomic mass is 35.5. The molecule has 1 aromatic rings. The molecule has 0 fully saturated rings. The maximum Gasteiger partial charge on any atom is 0.221 e. The van der Waals surface area contributed by atoms with Gasteiger partial charge in [0.25, 0.3) is 0 Å². The van der Waals surface area contributed by atoms with E-state index in [9.17, 15) is 4.79 Å². The van der Waals surface area contributed by atoms with E-state index >= 15 is 0 Å². The number of benzene rings is 1. The van der Waals surface area contributed by atoms with E-state index in [0.717, 1.165) is 18.7 Å². The second-order valence-electron chi connectivity index (χ2n) is 3.51. The Kier molecular flexibility index (Phi) is 5.90. The topological polar surface area (TPSA) is 41.1 Å². The van der Waals surface area contributed by atoms with Gasteiger partial charge in [0.15, 0.2) is 0 Å². The van der Waals surface area contributed by atoms with Gasteiger partial charge in [0.1, 0.15) is 0 Å². The summed E-state index contributed by atoms with van der Waals surface area (Å²) < 4.78 is 0. The number of hydrogen-bond acceptors (Lipinski definition) is 2. The molecule has 0 aromatic heterocycles. The number of amides is 1. The molecule has 0 bridgehead atoms. The van der Waals surface area contributed by atoms with Crippen LogP contribution in [-0.2, 0) is 11.3 Å². The van der Waals surface area contributed by atoms with Crippen LogP contribution >= 0.6 is 11.6 Å². The van der Waals surface area contributed by atoms with Gasteiger partial charge in [-0.2, -0.15) is 0 Å². The lowest BCUT2D eigenvalue weighted by Gasteiger charge is -2.05. The second-order valence-corrected chi connectivity index (χ2v) is 3.95. The molecule has 0 saturated heterocycles. The van der Waals surface area contributed by atoms with Crippen LogP contribution in [0.5, 0.6) is 0 Å². The Balaban J connectivity index is 2.26. The standard InChI is InChI=1S/C12H17ClN2O/c1-2-14-7-6-12(16)15-9-10-4-3-5-11(13)8-10/h3-5,8,14H,2,6-7,9H2,1H3,(H,15,16). The number of carbonyl (C=O) groups is 1. The first-order chi connectivity index (χ1) is 7.72. The van der Waals surface area contributed by atoms with Gasteiger partial charge in [0.05, 0.1) is 0 Å². The largest absolute Gasteiger partial charge is 0.352 e. The van der Waals surface area contributed by atoms with E-state index in [2.05, 4.69) is 10.6 Å². The zero-order valence-electron chi connectivity index (χ0n) is 9.42. The van der Waals surface area contributed by atoms with Gasteiger partial charge in [-0.3, -0.25) is 4.79 Å². The normalized spacial score (nSPS) is 10.1. The Hall–Kier alpha value is -1.06. The van der Waals surface area contributed by atoms with Crippen molar-refractivity contribution in [3.05, 3.63) is 34.9 Å². The monoisotopic (exact) mass is 240 g/mol. The summed E-state index contributed by atoms with van der Waals surface area (Å²) in [6.07, 6.45) is 0.508. The summed E-state index contributed by atoms with van der Waals surface area (Å²) in [6, 6.07) is 7.49. The highest BCUT2D eigenvalue weighted by Gasteiger charge is 2.00. The highest BCUT2D eigenvalue weighted by Crippen LogP contribution is 2.10. The molecule has 0 unspecified atom stereocenters. The van der Waals surface area contributed by atoms with Gasteiger partial charge >= 0.3 is 0 Å². The van der Waals surface area contributed by atoms with Crippen molar-refractivity contribution in [3.8, 4) is 0 Å². The summed E-state index contributed by atoms with van der Waals surface area (Å²) in [5.41, 5.74) is 1.02. The average Bonchev–Trinajstić information content (AvgIpc) is 2.27. The maximum atomic E-state index is 11.4. The number of carbonyl (C=O) groups excluding carboxylic acids is 1. The van der Waals surface area contributed by atoms with Crippen molar-refractivity contribution < 1.29 is 4.79 Å². The number of rotatable bonds is 6. The van der Waals surface area contributed by atoms with Crippen molar-refractivity contribution in [2.75, 3.05) is 13.1 Å². The second kappa shape index (κ2) is 7.25. The van der Waals surface area contributed by atoms with Crippen molar-refractivity contribution in [3.63, 3.8) is 0 Å². The Morgan fingerprint density at radius 3 is 2.94 bits per heavy atom. The Labute approximate surface area is 101 Å². The average molecular weight is 241 g/mol. The molecule has 0 aliphatic heterocycles. The van der Waals surface area contributed by atoms with E-state index in [-0.39, 0.29) is 5.91 Å². The molecular formula is C12H17ClN2O. The molecule has 0 aliphatic carbocycles. The molecule has 0 atom stereocenters. The summed E-state index contributed by atoms with van der Waals surface area (Å²) in [5.74, 6) is 0.0564. The molecule has 0 heterocycles. The lowest BCUT2D eigenvalue weighted by Crippen LogP contribution is -2.27. The van der Waals surface area contributed by atoms with Gasteiger partial charge in [-0.05, 0) is 24.2 Å². The van der Waals surface area contributed by atoms with E-state index in [4.69, 9.17) is 11.6 Å². The van der Waals surface area contributed by atoms with Gasteiger partial charge in [0.2, 0.25) is 5.91 Å². The van der Waals surface area contributed by atoms with Crippen LogP contribution in [0.1, 0.15) is 18.9 Å². The predicted molar refractivity (Wildman–Crippen MR) is 66.5 cm³/mol. The van der Waals surface area contributed by atoms with Gasteiger partial charge in [-0.15, -0.1) is 0 Å². The first-order valence-electron chi connectivity index (χ1n) is 5.44. The summed E-state index contributed by atoms with van der Waals surface area (Å²) in [7, 11) is 0. The number of halogens is 1. The van der Waals surface area contributed by atoms with Crippen LogP contribution in [0.15, 0.2) is 24.3 Å². The predicted octanol–water partition coefficient (Wildman–Crippen LogP) is 1.96. The van der Waals surface area contributed by atoms with Crippen molar-refractivity contribution in [1.29, 1.82) is 0 Å². The van der Waals surface area contributed by atoms with Crippen LogP contribution in [0.4, 0.5) is 0 Å². The summed E-state index contributed by atoms with van der Waals surface area (Å²) in [6.45, 7) is 4.16. The quantitative estimate of drug-likeness (QED) is 0.747. The van der Waals surface area contributed by atoms with Crippen LogP contribution in [0, 0.1) is 0 Å². The van der Waals surface area contributed by atoms with Crippen LogP contribution in [0.25, 0.3) is 0 Å². The fourth-order valence-electron chi connectivity index (χ4n) is 1.31. The van der Waals surface area contributed by atoms with Crippen molar-refractivity contribution in [2.45, 2.75) is 19.9 Å². The van der Waals surface area contributed by atoms with E-state index in [1.54, 1.807) is 0 Å². The van der Waals surface area contributed by atoms with Gasteiger partial charge < -0.3 is 10.6 Å². The first-order valence-corrected chi connectivity index (χ1v) is 5.82. The Morgan fingerprint density at radius 2 is 2.25 bits per heavy atom. The number of hydrogen-bond donors (Lipinski definition) is 2. The SMILES string of the molecule is CCNCCC(=O)NCc1cccc(Cl)c1. The van der Waals surface area contributed by atoms with Crippen molar-refractivity contribution in [1.82, 2.24) is 10.6 Å². The molecule has 1 amide bonds. The summed E-state index contributed by atoms with van der Waals surface area (Å²) >= 11 is 5.84. The fourth-order valence-corrected chi connectivity index (χ4v) is 1.53. The van der Waals surface area contributed by atoms with E-state index in [0.29, 0.717) is 18.0 Å². The number of nitrogens with one attached hydrogen (secondary N) is 2. The third kappa shape index (κ3) is 5.14. The molecule has 1 rings (SSSR count). The minimum atomic E-state index is 0.0564. The van der Waals surface area contributed by atoms with E-state index in [1.165, 1.54) is 0 Å². The molecule has 88 valence electrons. The highest BCUT2D eigenvalue weighted by molar-refractivity contribution is 6.30. The van der Waals surface area contributed by atoms with Gasteiger partial charge in [-0.1, -0.05) is 30.7 Å². The molecule has 0 spiro atoms. The molecule has 1 aromatic carbocycles. The molecule has 16 heavy (non-hydrogen) atoms. The van der Waals surface area contributed by atoms with Crippen molar-refractivity contribution >= 4 is 17.5 Å².